The Morgan fingerprint density at radius 3 is 2.43 bits per heavy atom. The lowest BCUT2D eigenvalue weighted by atomic mass is 9.99. The zero-order valence-electron chi connectivity index (χ0n) is 21.5. The van der Waals surface area contributed by atoms with Crippen molar-refractivity contribution in [2.24, 2.45) is 11.8 Å². The second-order valence-electron chi connectivity index (χ2n) is 10.4. The van der Waals surface area contributed by atoms with Crippen molar-refractivity contribution < 1.29 is 4.42 Å². The lowest BCUT2D eigenvalue weighted by Crippen LogP contribution is -2.37. The van der Waals surface area contributed by atoms with E-state index in [1.807, 2.05) is 36.4 Å². The number of furan rings is 1. The molecule has 0 saturated carbocycles. The van der Waals surface area contributed by atoms with E-state index in [4.69, 9.17) is 38.2 Å². The minimum absolute atomic E-state index is 0.458. The first kappa shape index (κ1) is 25.8. The molecule has 4 heterocycles. The van der Waals surface area contributed by atoms with Crippen molar-refractivity contribution >= 4 is 46.5 Å². The third kappa shape index (κ3) is 6.73. The number of nitrogens with one attached hydrogen (secondary N) is 2. The normalized spacial score (nSPS) is 18.6. The predicted molar refractivity (Wildman–Crippen MR) is 155 cm³/mol. The molecule has 0 bridgehead atoms. The number of halogens is 1. The Balaban J connectivity index is 1.26. The summed E-state index contributed by atoms with van der Waals surface area (Å²) in [5, 5.41) is 7.62. The lowest BCUT2D eigenvalue weighted by molar-refractivity contribution is 0.435. The van der Waals surface area contributed by atoms with Crippen molar-refractivity contribution in [2.75, 3.05) is 41.3 Å². The van der Waals surface area contributed by atoms with Crippen LogP contribution in [0.15, 0.2) is 46.9 Å². The number of thiocarbonyl (C=S) groups is 1. The van der Waals surface area contributed by atoms with Crippen LogP contribution in [0.3, 0.4) is 0 Å². The van der Waals surface area contributed by atoms with Gasteiger partial charge in [0.2, 0.25) is 5.95 Å². The van der Waals surface area contributed by atoms with Crippen LogP contribution in [-0.2, 0) is 6.54 Å². The predicted octanol–water partition coefficient (Wildman–Crippen LogP) is 6.35. The number of benzene rings is 1. The Labute approximate surface area is 229 Å². The van der Waals surface area contributed by atoms with E-state index in [0.717, 1.165) is 60.8 Å². The van der Waals surface area contributed by atoms with E-state index in [9.17, 15) is 0 Å². The molecule has 37 heavy (non-hydrogen) atoms. The fourth-order valence-corrected chi connectivity index (χ4v) is 5.28. The molecule has 196 valence electrons. The molecule has 5 rings (SSSR count). The third-order valence-corrected chi connectivity index (χ3v) is 7.73. The number of hydrogen-bond acceptors (Lipinski definition) is 6. The van der Waals surface area contributed by atoms with Crippen LogP contribution in [0.1, 0.15) is 45.3 Å². The number of aromatic nitrogens is 2. The van der Waals surface area contributed by atoms with Crippen molar-refractivity contribution in [1.82, 2.24) is 15.3 Å². The molecule has 1 atom stereocenters. The van der Waals surface area contributed by atoms with E-state index < -0.39 is 0 Å². The van der Waals surface area contributed by atoms with Gasteiger partial charge in [-0.1, -0.05) is 25.4 Å². The molecule has 0 unspecified atom stereocenters. The topological polar surface area (TPSA) is 69.5 Å². The average molecular weight is 539 g/mol. The molecule has 0 spiro atoms. The van der Waals surface area contributed by atoms with Gasteiger partial charge in [-0.05, 0) is 86.1 Å². The van der Waals surface area contributed by atoms with E-state index in [0.29, 0.717) is 28.5 Å². The number of hydrogen-bond donors (Lipinski definition) is 2. The molecule has 2 N–H and O–H groups in total. The van der Waals surface area contributed by atoms with Crippen LogP contribution in [0, 0.1) is 11.8 Å². The van der Waals surface area contributed by atoms with E-state index in [-0.39, 0.29) is 0 Å². The summed E-state index contributed by atoms with van der Waals surface area (Å²) in [4.78, 5) is 14.5. The molecular formula is C28H35ClN6OS. The van der Waals surface area contributed by atoms with Crippen LogP contribution in [0.4, 0.5) is 17.6 Å². The molecule has 2 aliphatic heterocycles. The Bertz CT molecular complexity index is 1210. The monoisotopic (exact) mass is 538 g/mol. The summed E-state index contributed by atoms with van der Waals surface area (Å²) in [6, 6.07) is 13.6. The minimum atomic E-state index is 0.458. The van der Waals surface area contributed by atoms with Crippen LogP contribution >= 0.6 is 23.8 Å². The van der Waals surface area contributed by atoms with Gasteiger partial charge < -0.3 is 24.9 Å². The molecule has 3 aromatic rings. The fraction of sp³-hybridized carbons (Fsp3) is 0.464. The maximum atomic E-state index is 6.00. The van der Waals surface area contributed by atoms with Gasteiger partial charge in [0, 0.05) is 42.8 Å². The zero-order valence-corrected chi connectivity index (χ0v) is 23.1. The van der Waals surface area contributed by atoms with Gasteiger partial charge in [0.25, 0.3) is 0 Å². The quantitative estimate of drug-likeness (QED) is 0.352. The van der Waals surface area contributed by atoms with Crippen LogP contribution in [0.2, 0.25) is 5.02 Å². The SMILES string of the molecule is CC1CCN(c2cc(N3CCC[C@@H](C)C3)nc(NC(=S)NCc3ccc(-c4ccc(Cl)cc4)o3)n2)CC1. The van der Waals surface area contributed by atoms with E-state index in [1.165, 1.54) is 25.7 Å². The molecule has 2 fully saturated rings. The summed E-state index contributed by atoms with van der Waals surface area (Å²) < 4.78 is 5.99. The van der Waals surface area contributed by atoms with Gasteiger partial charge in [0.1, 0.15) is 23.2 Å². The highest BCUT2D eigenvalue weighted by Crippen LogP contribution is 2.28. The minimum Gasteiger partial charge on any atom is -0.459 e. The summed E-state index contributed by atoms with van der Waals surface area (Å²) in [7, 11) is 0. The van der Waals surface area contributed by atoms with Gasteiger partial charge in [-0.2, -0.15) is 9.97 Å². The molecule has 7 nitrogen and oxygen atoms in total. The van der Waals surface area contributed by atoms with Crippen molar-refractivity contribution in [2.45, 2.75) is 46.1 Å². The molecule has 9 heteroatoms. The van der Waals surface area contributed by atoms with Crippen molar-refractivity contribution in [3.8, 4) is 11.3 Å². The standard InChI is InChI=1S/C28H35ClN6OS/c1-19-11-14-34(15-12-19)25-16-26(35-13-3-4-20(2)18-35)32-27(31-25)33-28(37)30-17-23-9-10-24(36-23)21-5-7-22(29)8-6-21/h5-10,16,19-20H,3-4,11-15,17-18H2,1-2H3,(H2,30,31,32,33,37)/t20-/m1/s1. The molecule has 0 radical (unpaired) electrons. The largest absolute Gasteiger partial charge is 0.459 e. The summed E-state index contributed by atoms with van der Waals surface area (Å²) in [6.45, 7) is 9.17. The number of nitrogens with zero attached hydrogens (tertiary/aromatic N) is 4. The first-order valence-corrected chi connectivity index (χ1v) is 14.0. The van der Waals surface area contributed by atoms with Gasteiger partial charge in [0.15, 0.2) is 5.11 Å². The summed E-state index contributed by atoms with van der Waals surface area (Å²) in [5.41, 5.74) is 0.980. The van der Waals surface area contributed by atoms with Crippen LogP contribution in [-0.4, -0.2) is 41.3 Å². The zero-order chi connectivity index (χ0) is 25.8. The maximum absolute atomic E-state index is 6.00. The summed E-state index contributed by atoms with van der Waals surface area (Å²) in [6.07, 6.45) is 4.82. The Morgan fingerprint density at radius 1 is 0.973 bits per heavy atom. The Kier molecular flexibility index (Phi) is 8.15. The second-order valence-corrected chi connectivity index (χ2v) is 11.2. The highest BCUT2D eigenvalue weighted by Gasteiger charge is 2.23. The number of anilines is 3. The van der Waals surface area contributed by atoms with Crippen molar-refractivity contribution in [1.29, 1.82) is 0 Å². The first-order valence-electron chi connectivity index (χ1n) is 13.2. The molecule has 2 aliphatic rings. The highest BCUT2D eigenvalue weighted by atomic mass is 35.5. The summed E-state index contributed by atoms with van der Waals surface area (Å²) >= 11 is 11.6. The molecule has 2 aromatic heterocycles. The van der Waals surface area contributed by atoms with Crippen molar-refractivity contribution in [3.63, 3.8) is 0 Å². The molecule has 1 aromatic carbocycles. The van der Waals surface area contributed by atoms with Gasteiger partial charge >= 0.3 is 0 Å². The Morgan fingerprint density at radius 2 is 1.70 bits per heavy atom. The smallest absolute Gasteiger partial charge is 0.232 e. The number of piperidine rings is 2. The van der Waals surface area contributed by atoms with E-state index in [1.54, 1.807) is 0 Å². The summed E-state index contributed by atoms with van der Waals surface area (Å²) in [5.74, 6) is 5.47. The van der Waals surface area contributed by atoms with Gasteiger partial charge in [-0.25, -0.2) is 0 Å². The van der Waals surface area contributed by atoms with Gasteiger partial charge in [-0.15, -0.1) is 0 Å². The van der Waals surface area contributed by atoms with E-state index in [2.05, 4.69) is 40.3 Å². The molecule has 2 saturated heterocycles. The Hall–Kier alpha value is -2.84. The first-order chi connectivity index (χ1) is 17.9. The van der Waals surface area contributed by atoms with Crippen molar-refractivity contribution in [3.05, 3.63) is 53.2 Å². The van der Waals surface area contributed by atoms with Gasteiger partial charge in [0.05, 0.1) is 6.54 Å². The average Bonchev–Trinajstić information content (AvgIpc) is 3.37. The lowest BCUT2D eigenvalue weighted by Gasteiger charge is -2.34. The van der Waals surface area contributed by atoms with Crippen LogP contribution < -0.4 is 20.4 Å². The second kappa shape index (κ2) is 11.7. The highest BCUT2D eigenvalue weighted by molar-refractivity contribution is 7.80. The van der Waals surface area contributed by atoms with Crippen LogP contribution in [0.5, 0.6) is 0 Å². The molecule has 0 aliphatic carbocycles. The molecule has 0 amide bonds. The third-order valence-electron chi connectivity index (χ3n) is 7.23. The number of rotatable bonds is 6. The van der Waals surface area contributed by atoms with E-state index >= 15 is 0 Å². The van der Waals surface area contributed by atoms with Gasteiger partial charge in [-0.3, -0.25) is 0 Å². The maximum Gasteiger partial charge on any atom is 0.232 e. The fourth-order valence-electron chi connectivity index (χ4n) is 4.99. The van der Waals surface area contributed by atoms with Crippen LogP contribution in [0.25, 0.3) is 11.3 Å². The molecular weight excluding hydrogens is 504 g/mol.